The second-order valence-electron chi connectivity index (χ2n) is 6.31. The smallest absolute Gasteiger partial charge is 0.326 e. The summed E-state index contributed by atoms with van der Waals surface area (Å²) in [6.45, 7) is 6.79. The van der Waals surface area contributed by atoms with Gasteiger partial charge in [0.05, 0.1) is 13.2 Å². The van der Waals surface area contributed by atoms with Crippen molar-refractivity contribution in [3.05, 3.63) is 53.1 Å². The first-order valence-corrected chi connectivity index (χ1v) is 9.90. The fourth-order valence-electron chi connectivity index (χ4n) is 2.68. The molecule has 0 aromatic heterocycles. The Kier molecular flexibility index (Phi) is 8.76. The van der Waals surface area contributed by atoms with Crippen molar-refractivity contribution in [2.45, 2.75) is 26.8 Å². The van der Waals surface area contributed by atoms with E-state index in [1.54, 1.807) is 24.3 Å². The van der Waals surface area contributed by atoms with E-state index in [2.05, 4.69) is 10.6 Å². The summed E-state index contributed by atoms with van der Waals surface area (Å²) in [6.07, 6.45) is 0. The normalized spacial score (nSPS) is 11.4. The number of hydrogen-bond donors (Lipinski definition) is 3. The van der Waals surface area contributed by atoms with Crippen molar-refractivity contribution in [1.82, 2.24) is 5.32 Å². The van der Waals surface area contributed by atoms with Crippen LogP contribution in [0.2, 0.25) is 5.02 Å². The number of amides is 3. The van der Waals surface area contributed by atoms with E-state index in [1.165, 1.54) is 0 Å². The number of carbonyl (C=O) groups is 2. The second-order valence-corrected chi connectivity index (χ2v) is 6.75. The average Bonchev–Trinajstić information content (AvgIpc) is 2.68. The van der Waals surface area contributed by atoms with Gasteiger partial charge in [-0.2, -0.15) is 0 Å². The van der Waals surface area contributed by atoms with Gasteiger partial charge in [-0.3, -0.25) is 10.1 Å². The Balaban J connectivity index is 1.86. The summed E-state index contributed by atoms with van der Waals surface area (Å²) in [6, 6.07) is 11.9. The topological polar surface area (TPSA) is 93.3 Å². The van der Waals surface area contributed by atoms with E-state index in [9.17, 15) is 9.59 Å². The number of rotatable bonds is 9. The molecule has 156 valence electrons. The van der Waals surface area contributed by atoms with Gasteiger partial charge in [-0.1, -0.05) is 23.7 Å². The maximum absolute atomic E-state index is 12.1. The Bertz CT molecular complexity index is 844. The molecule has 0 unspecified atom stereocenters. The molecule has 0 heterocycles. The molecule has 0 saturated heterocycles. The third-order valence-corrected chi connectivity index (χ3v) is 4.32. The van der Waals surface area contributed by atoms with Gasteiger partial charge in [0.2, 0.25) is 0 Å². The van der Waals surface area contributed by atoms with Crippen LogP contribution in [0.1, 0.15) is 32.4 Å². The van der Waals surface area contributed by atoms with Crippen molar-refractivity contribution < 1.29 is 24.4 Å². The molecule has 1 atom stereocenters. The van der Waals surface area contributed by atoms with Crippen molar-refractivity contribution in [3.8, 4) is 11.5 Å². The lowest BCUT2D eigenvalue weighted by Gasteiger charge is -2.13. The zero-order chi connectivity index (χ0) is 21.2. The third-order valence-electron chi connectivity index (χ3n) is 4.09. The van der Waals surface area contributed by atoms with Crippen molar-refractivity contribution in [3.63, 3.8) is 0 Å². The van der Waals surface area contributed by atoms with E-state index in [1.807, 2.05) is 44.3 Å². The van der Waals surface area contributed by atoms with E-state index >= 15 is 0 Å². The molecule has 7 nitrogen and oxygen atoms in total. The number of nitrogens with two attached hydrogens (primary N) is 1. The first kappa shape index (κ1) is 22.5. The summed E-state index contributed by atoms with van der Waals surface area (Å²) in [5.41, 5.74) is 1.51. The lowest BCUT2D eigenvalue weighted by atomic mass is 10.1. The van der Waals surface area contributed by atoms with Gasteiger partial charge in [-0.15, -0.1) is 0 Å². The molecule has 2 aromatic rings. The second kappa shape index (κ2) is 11.3. The molecule has 0 aliphatic rings. The van der Waals surface area contributed by atoms with Gasteiger partial charge >= 0.3 is 6.03 Å². The molecule has 0 aliphatic carbocycles. The lowest BCUT2D eigenvalue weighted by Crippen LogP contribution is -2.87. The van der Waals surface area contributed by atoms with Crippen LogP contribution in [0.3, 0.4) is 0 Å². The van der Waals surface area contributed by atoms with Crippen LogP contribution in [0, 0.1) is 0 Å². The van der Waals surface area contributed by atoms with Crippen LogP contribution in [0.15, 0.2) is 42.5 Å². The average molecular weight is 421 g/mol. The predicted molar refractivity (Wildman–Crippen MR) is 113 cm³/mol. The summed E-state index contributed by atoms with van der Waals surface area (Å²) >= 11 is 5.99. The first-order chi connectivity index (χ1) is 13.9. The number of hydrogen-bond acceptors (Lipinski definition) is 4. The third kappa shape index (κ3) is 7.29. The van der Waals surface area contributed by atoms with Crippen LogP contribution >= 0.6 is 11.6 Å². The highest BCUT2D eigenvalue weighted by Crippen LogP contribution is 2.30. The molecule has 3 amide bonds. The zero-order valence-electron chi connectivity index (χ0n) is 16.8. The maximum Gasteiger partial charge on any atom is 0.326 e. The van der Waals surface area contributed by atoms with Gasteiger partial charge in [-0.25, -0.2) is 4.79 Å². The molecular weight excluding hydrogens is 394 g/mol. The number of anilines is 1. The summed E-state index contributed by atoms with van der Waals surface area (Å²) < 4.78 is 11.0. The zero-order valence-corrected chi connectivity index (χ0v) is 17.6. The van der Waals surface area contributed by atoms with Gasteiger partial charge < -0.3 is 20.1 Å². The van der Waals surface area contributed by atoms with E-state index < -0.39 is 11.9 Å². The Hall–Kier alpha value is -2.77. The van der Waals surface area contributed by atoms with Gasteiger partial charge in [0, 0.05) is 22.3 Å². The highest BCUT2D eigenvalue weighted by Gasteiger charge is 2.15. The van der Waals surface area contributed by atoms with Gasteiger partial charge in [0.1, 0.15) is 6.04 Å². The lowest BCUT2D eigenvalue weighted by molar-refractivity contribution is -0.682. The van der Waals surface area contributed by atoms with Gasteiger partial charge in [-0.05, 0) is 45.0 Å². The first-order valence-electron chi connectivity index (χ1n) is 9.52. The van der Waals surface area contributed by atoms with E-state index in [4.69, 9.17) is 21.1 Å². The van der Waals surface area contributed by atoms with Crippen molar-refractivity contribution in [1.29, 1.82) is 0 Å². The van der Waals surface area contributed by atoms with E-state index in [0.29, 0.717) is 35.4 Å². The molecule has 0 aliphatic heterocycles. The number of benzene rings is 2. The van der Waals surface area contributed by atoms with Crippen LogP contribution in [-0.4, -0.2) is 31.7 Å². The fraction of sp³-hybridized carbons (Fsp3) is 0.333. The molecule has 0 fully saturated rings. The Morgan fingerprint density at radius 1 is 1.07 bits per heavy atom. The monoisotopic (exact) mass is 420 g/mol. The molecule has 0 saturated carbocycles. The molecular formula is C21H27ClN3O4+. The molecule has 4 N–H and O–H groups in total. The highest BCUT2D eigenvalue weighted by atomic mass is 35.5. The number of ether oxygens (including phenoxy) is 2. The standard InChI is InChI=1S/C21H26ClN3O4/c1-4-28-18-10-9-17(12-19(18)29-5-2)24-21(27)25-20(26)13-23-14(3)15-7-6-8-16(22)11-15/h6-12,14,23H,4-5,13H2,1-3H3,(H2,24,25,26,27)/p+1/t14-/m1/s1. The summed E-state index contributed by atoms with van der Waals surface area (Å²) in [5.74, 6) is 0.732. The maximum atomic E-state index is 12.1. The predicted octanol–water partition coefficient (Wildman–Crippen LogP) is 3.11. The van der Waals surface area contributed by atoms with E-state index in [0.717, 1.165) is 5.56 Å². The number of quaternary nitrogens is 1. The Labute approximate surface area is 175 Å². The Morgan fingerprint density at radius 3 is 2.48 bits per heavy atom. The number of imide groups is 1. The SMILES string of the molecule is CCOc1ccc(NC(=O)NC(=O)C[NH2+][C@H](C)c2cccc(Cl)c2)cc1OCC. The quantitative estimate of drug-likeness (QED) is 0.581. The number of halogens is 1. The molecule has 2 rings (SSSR count). The number of urea groups is 1. The molecule has 8 heteroatoms. The fourth-order valence-corrected chi connectivity index (χ4v) is 2.88. The summed E-state index contributed by atoms with van der Waals surface area (Å²) in [5, 5.41) is 7.43. The van der Waals surface area contributed by atoms with Crippen LogP contribution in [0.25, 0.3) is 0 Å². The highest BCUT2D eigenvalue weighted by molar-refractivity contribution is 6.30. The van der Waals surface area contributed by atoms with Gasteiger partial charge in [0.25, 0.3) is 5.91 Å². The largest absolute Gasteiger partial charge is 0.490 e. The molecule has 29 heavy (non-hydrogen) atoms. The van der Waals surface area contributed by atoms with Crippen molar-refractivity contribution in [2.24, 2.45) is 0 Å². The number of nitrogens with one attached hydrogen (secondary N) is 2. The molecule has 2 aromatic carbocycles. The van der Waals surface area contributed by atoms with Gasteiger partial charge in [0.15, 0.2) is 18.0 Å². The van der Waals surface area contributed by atoms with Crippen LogP contribution in [0.4, 0.5) is 10.5 Å². The van der Waals surface area contributed by atoms with Crippen molar-refractivity contribution >= 4 is 29.2 Å². The van der Waals surface area contributed by atoms with Crippen LogP contribution < -0.4 is 25.4 Å². The minimum Gasteiger partial charge on any atom is -0.490 e. The van der Waals surface area contributed by atoms with Crippen molar-refractivity contribution in [2.75, 3.05) is 25.1 Å². The minimum absolute atomic E-state index is 0.0300. The molecule has 0 radical (unpaired) electrons. The minimum atomic E-state index is -0.606. The van der Waals surface area contributed by atoms with Crippen LogP contribution in [0.5, 0.6) is 11.5 Å². The molecule has 0 bridgehead atoms. The molecule has 0 spiro atoms. The Morgan fingerprint density at radius 2 is 1.79 bits per heavy atom. The number of carbonyl (C=O) groups excluding carboxylic acids is 2. The van der Waals surface area contributed by atoms with E-state index in [-0.39, 0.29) is 12.6 Å². The summed E-state index contributed by atoms with van der Waals surface area (Å²) in [7, 11) is 0. The summed E-state index contributed by atoms with van der Waals surface area (Å²) in [4.78, 5) is 24.2. The van der Waals surface area contributed by atoms with Crippen LogP contribution in [-0.2, 0) is 4.79 Å².